The summed E-state index contributed by atoms with van der Waals surface area (Å²) in [4.78, 5) is 26.0. The fraction of sp³-hybridized carbons (Fsp3) is 0.500. The normalized spacial score (nSPS) is 25.1. The average Bonchev–Trinajstić information content (AvgIpc) is 2.71. The number of piperidine rings is 1. The number of hydrogen-bond donors (Lipinski definition) is 1. The van der Waals surface area contributed by atoms with Crippen LogP contribution in [0.1, 0.15) is 12.0 Å². The molecule has 2 amide bonds. The molecule has 2 aliphatic rings. The van der Waals surface area contributed by atoms with E-state index in [4.69, 9.17) is 4.74 Å². The smallest absolute Gasteiger partial charge is 0.227 e. The van der Waals surface area contributed by atoms with Crippen LogP contribution in [-0.4, -0.2) is 49.1 Å². The summed E-state index contributed by atoms with van der Waals surface area (Å²) in [6.07, 6.45) is 0.358. The number of carbonyl (C=O) groups is 2. The Kier molecular flexibility index (Phi) is 4.38. The summed E-state index contributed by atoms with van der Waals surface area (Å²) >= 11 is 0. The SMILES string of the molecule is O=C1NCCO[C@H]2CN(C(=O)Cc3ccccc3F)CC[C@@H]12. The molecule has 0 unspecified atom stereocenters. The average molecular weight is 306 g/mol. The van der Waals surface area contributed by atoms with Crippen LogP contribution in [0.25, 0.3) is 0 Å². The van der Waals surface area contributed by atoms with E-state index in [1.807, 2.05) is 0 Å². The lowest BCUT2D eigenvalue weighted by atomic mass is 9.92. The number of ether oxygens (including phenoxy) is 1. The maximum atomic E-state index is 13.6. The van der Waals surface area contributed by atoms with Crippen molar-refractivity contribution in [2.24, 2.45) is 5.92 Å². The molecule has 2 fully saturated rings. The van der Waals surface area contributed by atoms with Crippen LogP contribution < -0.4 is 5.32 Å². The highest BCUT2D eigenvalue weighted by Crippen LogP contribution is 2.23. The molecule has 0 saturated carbocycles. The molecule has 2 atom stereocenters. The van der Waals surface area contributed by atoms with Crippen molar-refractivity contribution >= 4 is 11.8 Å². The molecule has 0 radical (unpaired) electrons. The van der Waals surface area contributed by atoms with Gasteiger partial charge in [-0.05, 0) is 18.1 Å². The lowest BCUT2D eigenvalue weighted by Crippen LogP contribution is -2.50. The van der Waals surface area contributed by atoms with Crippen molar-refractivity contribution < 1.29 is 18.7 Å². The topological polar surface area (TPSA) is 58.6 Å². The highest BCUT2D eigenvalue weighted by atomic mass is 19.1. The van der Waals surface area contributed by atoms with Gasteiger partial charge in [-0.3, -0.25) is 9.59 Å². The number of nitrogens with one attached hydrogen (secondary N) is 1. The second kappa shape index (κ2) is 6.44. The summed E-state index contributed by atoms with van der Waals surface area (Å²) in [6, 6.07) is 6.30. The molecule has 6 heteroatoms. The zero-order chi connectivity index (χ0) is 15.5. The van der Waals surface area contributed by atoms with Gasteiger partial charge in [0.05, 0.1) is 25.0 Å². The monoisotopic (exact) mass is 306 g/mol. The van der Waals surface area contributed by atoms with Gasteiger partial charge in [-0.1, -0.05) is 18.2 Å². The Balaban J connectivity index is 1.65. The van der Waals surface area contributed by atoms with Crippen LogP contribution in [0.3, 0.4) is 0 Å². The van der Waals surface area contributed by atoms with Crippen molar-refractivity contribution in [3.05, 3.63) is 35.6 Å². The Morgan fingerprint density at radius 1 is 1.41 bits per heavy atom. The van der Waals surface area contributed by atoms with Gasteiger partial charge in [-0.25, -0.2) is 4.39 Å². The molecule has 0 aliphatic carbocycles. The highest BCUT2D eigenvalue weighted by molar-refractivity contribution is 5.81. The fourth-order valence-corrected chi connectivity index (χ4v) is 3.04. The van der Waals surface area contributed by atoms with Gasteiger partial charge in [0.1, 0.15) is 5.82 Å². The highest BCUT2D eigenvalue weighted by Gasteiger charge is 2.37. The molecule has 2 aliphatic heterocycles. The van der Waals surface area contributed by atoms with Crippen LogP contribution in [0.4, 0.5) is 4.39 Å². The number of halogens is 1. The summed E-state index contributed by atoms with van der Waals surface area (Å²) in [7, 11) is 0. The molecule has 0 spiro atoms. The zero-order valence-corrected chi connectivity index (χ0v) is 12.3. The Morgan fingerprint density at radius 3 is 3.05 bits per heavy atom. The molecule has 2 heterocycles. The molecule has 0 aromatic heterocycles. The van der Waals surface area contributed by atoms with E-state index in [1.165, 1.54) is 6.07 Å². The van der Waals surface area contributed by atoms with Gasteiger partial charge >= 0.3 is 0 Å². The van der Waals surface area contributed by atoms with Gasteiger partial charge in [0.25, 0.3) is 0 Å². The number of carbonyl (C=O) groups excluding carboxylic acids is 2. The van der Waals surface area contributed by atoms with Crippen LogP contribution in [0.5, 0.6) is 0 Å². The van der Waals surface area contributed by atoms with Crippen molar-refractivity contribution in [1.29, 1.82) is 0 Å². The summed E-state index contributed by atoms with van der Waals surface area (Å²) in [6.45, 7) is 1.87. The van der Waals surface area contributed by atoms with E-state index < -0.39 is 0 Å². The number of rotatable bonds is 2. The summed E-state index contributed by atoms with van der Waals surface area (Å²) in [5.41, 5.74) is 0.397. The maximum Gasteiger partial charge on any atom is 0.227 e. The predicted octanol–water partition coefficient (Wildman–Crippen LogP) is 0.732. The first-order valence-corrected chi connectivity index (χ1v) is 7.55. The Morgan fingerprint density at radius 2 is 2.23 bits per heavy atom. The van der Waals surface area contributed by atoms with Crippen molar-refractivity contribution in [2.45, 2.75) is 18.9 Å². The van der Waals surface area contributed by atoms with Gasteiger partial charge in [-0.2, -0.15) is 0 Å². The van der Waals surface area contributed by atoms with Gasteiger partial charge in [0.2, 0.25) is 11.8 Å². The predicted molar refractivity (Wildman–Crippen MR) is 77.5 cm³/mol. The maximum absolute atomic E-state index is 13.6. The van der Waals surface area contributed by atoms with Gasteiger partial charge in [0.15, 0.2) is 0 Å². The van der Waals surface area contributed by atoms with Gasteiger partial charge in [-0.15, -0.1) is 0 Å². The summed E-state index contributed by atoms with van der Waals surface area (Å²) in [5, 5.41) is 2.82. The Hall–Kier alpha value is -1.95. The molecular weight excluding hydrogens is 287 g/mol. The third-order valence-electron chi connectivity index (χ3n) is 4.28. The van der Waals surface area contributed by atoms with Gasteiger partial charge in [0, 0.05) is 19.6 Å². The quantitative estimate of drug-likeness (QED) is 0.876. The Bertz CT molecular complexity index is 578. The Labute approximate surface area is 128 Å². The first-order chi connectivity index (χ1) is 10.6. The second-order valence-corrected chi connectivity index (χ2v) is 5.70. The van der Waals surface area contributed by atoms with Crippen LogP contribution in [0.15, 0.2) is 24.3 Å². The minimum Gasteiger partial charge on any atom is -0.374 e. The van der Waals surface area contributed by atoms with Crippen molar-refractivity contribution in [3.63, 3.8) is 0 Å². The minimum absolute atomic E-state index is 0.00343. The molecule has 2 saturated heterocycles. The lowest BCUT2D eigenvalue weighted by molar-refractivity contribution is -0.141. The van der Waals surface area contributed by atoms with Crippen LogP contribution in [-0.2, 0) is 20.7 Å². The summed E-state index contributed by atoms with van der Waals surface area (Å²) in [5.74, 6) is -0.684. The molecule has 0 bridgehead atoms. The van der Waals surface area contributed by atoms with Crippen molar-refractivity contribution in [1.82, 2.24) is 10.2 Å². The van der Waals surface area contributed by atoms with Crippen molar-refractivity contribution in [2.75, 3.05) is 26.2 Å². The molecule has 1 aromatic carbocycles. The molecule has 5 nitrogen and oxygen atoms in total. The number of likely N-dealkylation sites (tertiary alicyclic amines) is 1. The van der Waals surface area contributed by atoms with Crippen molar-refractivity contribution in [3.8, 4) is 0 Å². The minimum atomic E-state index is -0.365. The van der Waals surface area contributed by atoms with E-state index in [2.05, 4.69) is 5.32 Å². The fourth-order valence-electron chi connectivity index (χ4n) is 3.04. The lowest BCUT2D eigenvalue weighted by Gasteiger charge is -2.36. The number of hydrogen-bond acceptors (Lipinski definition) is 3. The van der Waals surface area contributed by atoms with Crippen LogP contribution >= 0.6 is 0 Å². The molecule has 1 aromatic rings. The third kappa shape index (κ3) is 3.11. The largest absolute Gasteiger partial charge is 0.374 e. The second-order valence-electron chi connectivity index (χ2n) is 5.70. The summed E-state index contributed by atoms with van der Waals surface area (Å²) < 4.78 is 19.3. The van der Waals surface area contributed by atoms with E-state index in [-0.39, 0.29) is 36.1 Å². The van der Waals surface area contributed by atoms with Crippen LogP contribution in [0, 0.1) is 11.7 Å². The van der Waals surface area contributed by atoms with E-state index in [9.17, 15) is 14.0 Å². The molecule has 22 heavy (non-hydrogen) atoms. The molecular formula is C16H19FN2O3. The molecule has 1 N–H and O–H groups in total. The number of fused-ring (bicyclic) bond motifs is 1. The molecule has 3 rings (SSSR count). The standard InChI is InChI=1S/C16H19FN2O3/c17-13-4-2-1-3-11(13)9-15(20)19-7-5-12-14(10-19)22-8-6-18-16(12)21/h1-4,12,14H,5-10H2,(H,18,21)/t12-,14+/m1/s1. The van der Waals surface area contributed by atoms with E-state index in [0.717, 1.165) is 0 Å². The van der Waals surface area contributed by atoms with E-state index >= 15 is 0 Å². The number of nitrogens with zero attached hydrogens (tertiary/aromatic N) is 1. The van der Waals surface area contributed by atoms with E-state index in [1.54, 1.807) is 23.1 Å². The van der Waals surface area contributed by atoms with Crippen LogP contribution in [0.2, 0.25) is 0 Å². The number of amides is 2. The van der Waals surface area contributed by atoms with Gasteiger partial charge < -0.3 is 15.0 Å². The number of benzene rings is 1. The zero-order valence-electron chi connectivity index (χ0n) is 12.3. The van der Waals surface area contributed by atoms with E-state index in [0.29, 0.717) is 38.2 Å². The third-order valence-corrected chi connectivity index (χ3v) is 4.28. The first kappa shape index (κ1) is 15.0. The first-order valence-electron chi connectivity index (χ1n) is 7.55. The molecule has 118 valence electrons.